The molecule has 0 bridgehead atoms. The van der Waals surface area contributed by atoms with Crippen LogP contribution in [-0.4, -0.2) is 51.7 Å². The minimum Gasteiger partial charge on any atom is -0.370 e. The molecule has 4 rings (SSSR count). The molecular formula is C22H24N6. The second kappa shape index (κ2) is 8.19. The number of benzene rings is 1. The molecule has 142 valence electrons. The van der Waals surface area contributed by atoms with Crippen LogP contribution in [0.1, 0.15) is 6.42 Å². The first-order chi connectivity index (χ1) is 13.7. The van der Waals surface area contributed by atoms with Crippen molar-refractivity contribution in [2.24, 2.45) is 0 Å². The number of pyridine rings is 1. The van der Waals surface area contributed by atoms with Crippen LogP contribution < -0.4 is 5.32 Å². The third-order valence-electron chi connectivity index (χ3n) is 4.57. The van der Waals surface area contributed by atoms with Crippen LogP contribution in [0, 0.1) is 0 Å². The van der Waals surface area contributed by atoms with E-state index in [0.717, 1.165) is 53.5 Å². The van der Waals surface area contributed by atoms with Gasteiger partial charge < -0.3 is 10.2 Å². The van der Waals surface area contributed by atoms with Crippen molar-refractivity contribution in [2.45, 2.75) is 6.42 Å². The van der Waals surface area contributed by atoms with E-state index in [2.05, 4.69) is 46.4 Å². The molecule has 28 heavy (non-hydrogen) atoms. The van der Waals surface area contributed by atoms with E-state index in [1.54, 1.807) is 0 Å². The molecule has 0 amide bonds. The molecule has 3 heterocycles. The zero-order valence-electron chi connectivity index (χ0n) is 16.2. The normalized spacial score (nSPS) is 11.2. The largest absolute Gasteiger partial charge is 0.370 e. The molecular weight excluding hydrogens is 348 g/mol. The lowest BCUT2D eigenvalue weighted by Gasteiger charge is -2.10. The molecule has 6 nitrogen and oxygen atoms in total. The van der Waals surface area contributed by atoms with Crippen LogP contribution in [0.3, 0.4) is 0 Å². The van der Waals surface area contributed by atoms with Crippen molar-refractivity contribution < 1.29 is 0 Å². The summed E-state index contributed by atoms with van der Waals surface area (Å²) in [4.78, 5) is 11.1. The molecule has 0 unspecified atom stereocenters. The maximum absolute atomic E-state index is 4.81. The molecule has 0 saturated carbocycles. The molecule has 0 aliphatic heterocycles. The van der Waals surface area contributed by atoms with Crippen molar-refractivity contribution in [3.05, 3.63) is 67.0 Å². The highest BCUT2D eigenvalue weighted by molar-refractivity contribution is 5.69. The van der Waals surface area contributed by atoms with E-state index in [9.17, 15) is 0 Å². The summed E-state index contributed by atoms with van der Waals surface area (Å²) < 4.78 is 1.90. The smallest absolute Gasteiger partial charge is 0.156 e. The van der Waals surface area contributed by atoms with Crippen LogP contribution in [0.4, 0.5) is 5.82 Å². The van der Waals surface area contributed by atoms with Gasteiger partial charge in [0.1, 0.15) is 5.82 Å². The zero-order chi connectivity index (χ0) is 19.3. The average Bonchev–Trinajstić information content (AvgIpc) is 3.16. The molecule has 1 N–H and O–H groups in total. The SMILES string of the molecule is CN(C)CCCNc1cc(-c2cc3nccc(-c4ccccc4)n3n2)ccn1. The summed E-state index contributed by atoms with van der Waals surface area (Å²) in [5.74, 6) is 0.865. The number of hydrogen-bond acceptors (Lipinski definition) is 5. The second-order valence-electron chi connectivity index (χ2n) is 7.01. The topological polar surface area (TPSA) is 58.4 Å². The fourth-order valence-corrected chi connectivity index (χ4v) is 3.16. The van der Waals surface area contributed by atoms with Gasteiger partial charge in [-0.1, -0.05) is 30.3 Å². The Morgan fingerprint density at radius 3 is 2.57 bits per heavy atom. The highest BCUT2D eigenvalue weighted by Crippen LogP contribution is 2.24. The first kappa shape index (κ1) is 18.1. The number of rotatable bonds is 7. The molecule has 6 heteroatoms. The van der Waals surface area contributed by atoms with Gasteiger partial charge in [-0.15, -0.1) is 0 Å². The standard InChI is InChI=1S/C22H24N6/c1-27(2)14-6-11-23-21-15-18(9-12-24-21)19-16-22-25-13-10-20(28(22)26-19)17-7-4-3-5-8-17/h3-5,7-10,12-13,15-16H,6,11,14H2,1-2H3,(H,23,24). The summed E-state index contributed by atoms with van der Waals surface area (Å²) in [5, 5.41) is 8.21. The minimum atomic E-state index is 0.827. The summed E-state index contributed by atoms with van der Waals surface area (Å²) in [6.07, 6.45) is 4.71. The molecule has 3 aromatic heterocycles. The lowest BCUT2D eigenvalue weighted by atomic mass is 10.1. The van der Waals surface area contributed by atoms with E-state index in [0.29, 0.717) is 0 Å². The van der Waals surface area contributed by atoms with Gasteiger partial charge in [0.05, 0.1) is 11.4 Å². The molecule has 1 aromatic carbocycles. The lowest BCUT2D eigenvalue weighted by Crippen LogP contribution is -2.16. The molecule has 0 atom stereocenters. The van der Waals surface area contributed by atoms with Crippen molar-refractivity contribution in [3.63, 3.8) is 0 Å². The monoisotopic (exact) mass is 372 g/mol. The number of fused-ring (bicyclic) bond motifs is 1. The van der Waals surface area contributed by atoms with Gasteiger partial charge in [0.25, 0.3) is 0 Å². The van der Waals surface area contributed by atoms with E-state index in [-0.39, 0.29) is 0 Å². The first-order valence-corrected chi connectivity index (χ1v) is 9.46. The molecule has 4 aromatic rings. The Morgan fingerprint density at radius 2 is 1.75 bits per heavy atom. The van der Waals surface area contributed by atoms with Gasteiger partial charge in [-0.2, -0.15) is 5.10 Å². The maximum atomic E-state index is 4.81. The van der Waals surface area contributed by atoms with Crippen molar-refractivity contribution in [2.75, 3.05) is 32.5 Å². The second-order valence-corrected chi connectivity index (χ2v) is 7.01. The molecule has 0 spiro atoms. The van der Waals surface area contributed by atoms with Gasteiger partial charge in [0, 0.05) is 36.1 Å². The van der Waals surface area contributed by atoms with Crippen LogP contribution in [0.2, 0.25) is 0 Å². The highest BCUT2D eigenvalue weighted by atomic mass is 15.3. The third kappa shape index (κ3) is 4.02. The molecule has 0 radical (unpaired) electrons. The van der Waals surface area contributed by atoms with E-state index < -0.39 is 0 Å². The minimum absolute atomic E-state index is 0.827. The summed E-state index contributed by atoms with van der Waals surface area (Å²) in [5.41, 5.74) is 4.87. The Bertz CT molecular complexity index is 1060. The Morgan fingerprint density at radius 1 is 0.929 bits per heavy atom. The molecule has 0 aliphatic carbocycles. The summed E-state index contributed by atoms with van der Waals surface area (Å²) in [6, 6.07) is 18.3. The Hall–Kier alpha value is -3.25. The van der Waals surface area contributed by atoms with Gasteiger partial charge in [-0.05, 0) is 45.3 Å². The van der Waals surface area contributed by atoms with E-state index in [1.807, 2.05) is 59.4 Å². The van der Waals surface area contributed by atoms with Crippen LogP contribution >= 0.6 is 0 Å². The number of nitrogens with one attached hydrogen (secondary N) is 1. The van der Waals surface area contributed by atoms with E-state index >= 15 is 0 Å². The van der Waals surface area contributed by atoms with Gasteiger partial charge in [-0.25, -0.2) is 14.5 Å². The maximum Gasteiger partial charge on any atom is 0.156 e. The Kier molecular flexibility index (Phi) is 5.30. The van der Waals surface area contributed by atoms with Crippen molar-refractivity contribution >= 4 is 11.5 Å². The summed E-state index contributed by atoms with van der Waals surface area (Å²) in [7, 11) is 4.17. The van der Waals surface area contributed by atoms with E-state index in [1.165, 1.54) is 0 Å². The Labute approximate surface area is 164 Å². The third-order valence-corrected chi connectivity index (χ3v) is 4.57. The van der Waals surface area contributed by atoms with Crippen LogP contribution in [-0.2, 0) is 0 Å². The lowest BCUT2D eigenvalue weighted by molar-refractivity contribution is 0.405. The highest BCUT2D eigenvalue weighted by Gasteiger charge is 2.10. The van der Waals surface area contributed by atoms with Crippen LogP contribution in [0.25, 0.3) is 28.2 Å². The number of anilines is 1. The number of nitrogens with zero attached hydrogens (tertiary/aromatic N) is 5. The molecule has 0 saturated heterocycles. The molecule has 0 aliphatic rings. The van der Waals surface area contributed by atoms with Gasteiger partial charge in [-0.3, -0.25) is 0 Å². The number of aromatic nitrogens is 4. The van der Waals surface area contributed by atoms with Crippen LogP contribution in [0.15, 0.2) is 67.0 Å². The summed E-state index contributed by atoms with van der Waals surface area (Å²) >= 11 is 0. The van der Waals surface area contributed by atoms with Gasteiger partial charge in [0.15, 0.2) is 5.65 Å². The van der Waals surface area contributed by atoms with Crippen molar-refractivity contribution in [1.82, 2.24) is 24.5 Å². The fraction of sp³-hybridized carbons (Fsp3) is 0.227. The van der Waals surface area contributed by atoms with Crippen molar-refractivity contribution in [3.8, 4) is 22.5 Å². The zero-order valence-corrected chi connectivity index (χ0v) is 16.2. The first-order valence-electron chi connectivity index (χ1n) is 9.46. The van der Waals surface area contributed by atoms with E-state index in [4.69, 9.17) is 5.10 Å². The predicted octanol–water partition coefficient (Wildman–Crippen LogP) is 3.82. The van der Waals surface area contributed by atoms with Gasteiger partial charge >= 0.3 is 0 Å². The van der Waals surface area contributed by atoms with Crippen LogP contribution in [0.5, 0.6) is 0 Å². The molecule has 0 fully saturated rings. The quantitative estimate of drug-likeness (QED) is 0.500. The Balaban J connectivity index is 1.61. The van der Waals surface area contributed by atoms with Crippen molar-refractivity contribution in [1.29, 1.82) is 0 Å². The summed E-state index contributed by atoms with van der Waals surface area (Å²) in [6.45, 7) is 1.94. The average molecular weight is 372 g/mol. The number of hydrogen-bond donors (Lipinski definition) is 1. The van der Waals surface area contributed by atoms with Gasteiger partial charge in [0.2, 0.25) is 0 Å². The predicted molar refractivity (Wildman–Crippen MR) is 113 cm³/mol. The fourth-order valence-electron chi connectivity index (χ4n) is 3.16.